The maximum Gasteiger partial charge on any atom is 0.471 e. The number of carbonyl (C=O) groups excluding carboxylic acids is 2. The molecule has 1 unspecified atom stereocenters. The monoisotopic (exact) mass is 322 g/mol. The van der Waals surface area contributed by atoms with Crippen molar-refractivity contribution in [2.24, 2.45) is 0 Å². The summed E-state index contributed by atoms with van der Waals surface area (Å²) in [6.07, 6.45) is -3.19. The zero-order valence-electron chi connectivity index (χ0n) is 12.9. The Balaban J connectivity index is 1.97. The number of hydrogen-bond acceptors (Lipinski definition) is 3. The number of piperidine rings is 1. The van der Waals surface area contributed by atoms with Crippen LogP contribution in [0.25, 0.3) is 0 Å². The van der Waals surface area contributed by atoms with E-state index in [9.17, 15) is 22.8 Å². The minimum absolute atomic E-state index is 0.174. The van der Waals surface area contributed by atoms with Crippen molar-refractivity contribution >= 4 is 12.0 Å². The van der Waals surface area contributed by atoms with Gasteiger partial charge in [0.05, 0.1) is 0 Å². The van der Waals surface area contributed by atoms with Gasteiger partial charge in [-0.25, -0.2) is 4.79 Å². The van der Waals surface area contributed by atoms with Crippen molar-refractivity contribution in [3.8, 4) is 0 Å². The first-order chi connectivity index (χ1) is 9.97. The molecule has 2 aliphatic heterocycles. The molecule has 2 amide bonds. The second-order valence-corrected chi connectivity index (χ2v) is 6.91. The molecule has 2 saturated heterocycles. The highest BCUT2D eigenvalue weighted by Gasteiger charge is 2.47. The van der Waals surface area contributed by atoms with Crippen LogP contribution in [0.15, 0.2) is 0 Å². The van der Waals surface area contributed by atoms with Gasteiger partial charge in [-0.15, -0.1) is 0 Å². The van der Waals surface area contributed by atoms with E-state index in [-0.39, 0.29) is 12.1 Å². The molecule has 126 valence electrons. The van der Waals surface area contributed by atoms with Gasteiger partial charge in [-0.3, -0.25) is 4.79 Å². The quantitative estimate of drug-likeness (QED) is 0.807. The van der Waals surface area contributed by atoms with Crippen LogP contribution < -0.4 is 5.32 Å². The lowest BCUT2D eigenvalue weighted by Crippen LogP contribution is -2.54. The van der Waals surface area contributed by atoms with Crippen molar-refractivity contribution in [2.75, 3.05) is 0 Å². The molecular formula is C14H21F3N2O3. The number of alkyl halides is 3. The van der Waals surface area contributed by atoms with Crippen LogP contribution in [0.2, 0.25) is 0 Å². The first-order valence-electron chi connectivity index (χ1n) is 7.36. The molecule has 0 saturated carbocycles. The van der Waals surface area contributed by atoms with Crippen LogP contribution in [-0.2, 0) is 9.53 Å². The van der Waals surface area contributed by atoms with Crippen molar-refractivity contribution in [2.45, 2.75) is 76.4 Å². The lowest BCUT2D eigenvalue weighted by atomic mass is 9.97. The van der Waals surface area contributed by atoms with Gasteiger partial charge in [-0.1, -0.05) is 0 Å². The molecule has 22 heavy (non-hydrogen) atoms. The molecule has 2 bridgehead atoms. The number of nitrogens with one attached hydrogen (secondary N) is 1. The second kappa shape index (κ2) is 5.62. The molecule has 5 nitrogen and oxygen atoms in total. The minimum atomic E-state index is -4.87. The minimum Gasteiger partial charge on any atom is -0.444 e. The number of hydrogen-bond donors (Lipinski definition) is 1. The van der Waals surface area contributed by atoms with E-state index in [2.05, 4.69) is 0 Å². The predicted octanol–water partition coefficient (Wildman–Crippen LogP) is 2.60. The van der Waals surface area contributed by atoms with E-state index in [1.165, 1.54) is 0 Å². The molecule has 0 aromatic carbocycles. The molecule has 2 heterocycles. The number of rotatable bonds is 1. The van der Waals surface area contributed by atoms with E-state index in [1.54, 1.807) is 25.7 Å². The van der Waals surface area contributed by atoms with Gasteiger partial charge in [0.2, 0.25) is 0 Å². The summed E-state index contributed by atoms with van der Waals surface area (Å²) < 4.78 is 42.3. The number of halogens is 3. The zero-order valence-corrected chi connectivity index (χ0v) is 12.9. The largest absolute Gasteiger partial charge is 0.471 e. The summed E-state index contributed by atoms with van der Waals surface area (Å²) in [6.45, 7) is 5.30. The Morgan fingerprint density at radius 1 is 1.09 bits per heavy atom. The van der Waals surface area contributed by atoms with Crippen LogP contribution >= 0.6 is 0 Å². The number of amides is 2. The maximum absolute atomic E-state index is 12.3. The highest BCUT2D eigenvalue weighted by molar-refractivity contribution is 5.82. The van der Waals surface area contributed by atoms with Crippen molar-refractivity contribution in [3.05, 3.63) is 0 Å². The van der Waals surface area contributed by atoms with Gasteiger partial charge >= 0.3 is 18.2 Å². The van der Waals surface area contributed by atoms with E-state index in [0.717, 1.165) is 12.8 Å². The Kier molecular flexibility index (Phi) is 4.32. The van der Waals surface area contributed by atoms with Gasteiger partial charge in [0.25, 0.3) is 0 Å². The highest BCUT2D eigenvalue weighted by Crippen LogP contribution is 2.37. The van der Waals surface area contributed by atoms with Gasteiger partial charge in [0.15, 0.2) is 0 Å². The summed E-state index contributed by atoms with van der Waals surface area (Å²) >= 11 is 0. The molecule has 0 aromatic heterocycles. The van der Waals surface area contributed by atoms with Crippen molar-refractivity contribution < 1.29 is 27.5 Å². The molecule has 3 atom stereocenters. The third-order valence-electron chi connectivity index (χ3n) is 3.93. The summed E-state index contributed by atoms with van der Waals surface area (Å²) in [7, 11) is 0. The molecule has 1 N–H and O–H groups in total. The third-order valence-corrected chi connectivity index (χ3v) is 3.93. The third kappa shape index (κ3) is 3.84. The van der Waals surface area contributed by atoms with E-state index >= 15 is 0 Å². The Bertz CT molecular complexity index is 445. The Labute approximate surface area is 127 Å². The standard InChI is InChI=1S/C14H21F3N2O3/c1-13(2,3)22-12(21)19-9-4-5-10(19)7-8(6-9)18-11(20)14(15,16)17/h8-10H,4-7H2,1-3H3,(H,18,20)/t8?,9-,10+. The average molecular weight is 322 g/mol. The van der Waals surface area contributed by atoms with Gasteiger partial charge in [-0.05, 0) is 46.5 Å². The van der Waals surface area contributed by atoms with Crippen LogP contribution in [0.1, 0.15) is 46.5 Å². The van der Waals surface area contributed by atoms with Crippen LogP contribution in [0.4, 0.5) is 18.0 Å². The topological polar surface area (TPSA) is 58.6 Å². The number of nitrogens with zero attached hydrogens (tertiary/aromatic N) is 1. The number of ether oxygens (including phenoxy) is 1. The molecule has 2 rings (SSSR count). The predicted molar refractivity (Wildman–Crippen MR) is 72.1 cm³/mol. The summed E-state index contributed by atoms with van der Waals surface area (Å²) in [5.41, 5.74) is -0.613. The SMILES string of the molecule is CC(C)(C)OC(=O)N1[C@@H]2CC[C@H]1CC(NC(=O)C(F)(F)F)C2. The average Bonchev–Trinajstić information content (AvgIpc) is 2.58. The number of carbonyl (C=O) groups is 2. The lowest BCUT2D eigenvalue weighted by Gasteiger charge is -2.39. The smallest absolute Gasteiger partial charge is 0.444 e. The summed E-state index contributed by atoms with van der Waals surface area (Å²) in [6, 6.07) is -0.899. The van der Waals surface area contributed by atoms with Crippen LogP contribution in [0, 0.1) is 0 Å². The normalized spacial score (nSPS) is 28.5. The summed E-state index contributed by atoms with van der Waals surface area (Å²) in [4.78, 5) is 24.9. The van der Waals surface area contributed by atoms with E-state index in [4.69, 9.17) is 4.74 Å². The second-order valence-electron chi connectivity index (χ2n) is 6.91. The molecule has 2 fully saturated rings. The summed E-state index contributed by atoms with van der Waals surface area (Å²) in [5.74, 6) is -1.91. The van der Waals surface area contributed by atoms with Crippen molar-refractivity contribution in [1.29, 1.82) is 0 Å². The lowest BCUT2D eigenvalue weighted by molar-refractivity contribution is -0.174. The fraction of sp³-hybridized carbons (Fsp3) is 0.857. The van der Waals surface area contributed by atoms with Crippen molar-refractivity contribution in [1.82, 2.24) is 10.2 Å². The van der Waals surface area contributed by atoms with E-state index in [1.807, 2.05) is 5.32 Å². The molecule has 0 spiro atoms. The Hall–Kier alpha value is -1.47. The van der Waals surface area contributed by atoms with Crippen LogP contribution in [0.5, 0.6) is 0 Å². The van der Waals surface area contributed by atoms with Gasteiger partial charge in [-0.2, -0.15) is 13.2 Å². The first kappa shape index (κ1) is 16.9. The van der Waals surface area contributed by atoms with E-state index in [0.29, 0.717) is 12.8 Å². The fourth-order valence-corrected chi connectivity index (χ4v) is 3.17. The Morgan fingerprint density at radius 2 is 1.59 bits per heavy atom. The zero-order chi connectivity index (χ0) is 16.7. The fourth-order valence-electron chi connectivity index (χ4n) is 3.17. The van der Waals surface area contributed by atoms with Crippen LogP contribution in [0.3, 0.4) is 0 Å². The van der Waals surface area contributed by atoms with Gasteiger partial charge in [0.1, 0.15) is 5.60 Å². The summed E-state index contributed by atoms with van der Waals surface area (Å²) in [5, 5.41) is 2.02. The maximum atomic E-state index is 12.3. The van der Waals surface area contributed by atoms with Crippen LogP contribution in [-0.4, -0.2) is 46.8 Å². The highest BCUT2D eigenvalue weighted by atomic mass is 19.4. The molecule has 0 aromatic rings. The first-order valence-corrected chi connectivity index (χ1v) is 7.36. The molecule has 8 heteroatoms. The van der Waals surface area contributed by atoms with Crippen molar-refractivity contribution in [3.63, 3.8) is 0 Å². The molecule has 0 aliphatic carbocycles. The molecule has 0 radical (unpaired) electrons. The van der Waals surface area contributed by atoms with E-state index < -0.39 is 29.8 Å². The molecular weight excluding hydrogens is 301 g/mol. The van der Waals surface area contributed by atoms with Gasteiger partial charge < -0.3 is 15.0 Å². The molecule has 2 aliphatic rings. The Morgan fingerprint density at radius 3 is 2.00 bits per heavy atom. The number of fused-ring (bicyclic) bond motifs is 2. The van der Waals surface area contributed by atoms with Gasteiger partial charge in [0, 0.05) is 18.1 Å².